The summed E-state index contributed by atoms with van der Waals surface area (Å²) in [5, 5.41) is 23.3. The Morgan fingerprint density at radius 1 is 1.19 bits per heavy atom. The Morgan fingerprint density at radius 2 is 1.96 bits per heavy atom. The number of ether oxygens (including phenoxy) is 1. The van der Waals surface area contributed by atoms with Gasteiger partial charge in [-0.05, 0) is 49.2 Å². The van der Waals surface area contributed by atoms with E-state index in [1.165, 1.54) is 0 Å². The molecule has 0 bridgehead atoms. The van der Waals surface area contributed by atoms with Crippen LogP contribution in [0.25, 0.3) is 10.9 Å². The lowest BCUT2D eigenvalue weighted by Gasteiger charge is -2.18. The number of para-hydroxylation sites is 1. The first-order valence-corrected chi connectivity index (χ1v) is 8.95. The van der Waals surface area contributed by atoms with Gasteiger partial charge in [0.05, 0.1) is 0 Å². The Bertz CT molecular complexity index is 892. The number of carbonyl (C=O) groups is 1. The predicted molar refractivity (Wildman–Crippen MR) is 104 cm³/mol. The molecule has 27 heavy (non-hydrogen) atoms. The van der Waals surface area contributed by atoms with Gasteiger partial charge in [0, 0.05) is 23.5 Å². The zero-order valence-electron chi connectivity index (χ0n) is 15.2. The fraction of sp³-hybridized carbons (Fsp3) is 0.286. The maximum Gasteiger partial charge on any atom is 0.352 e. The number of hydrogen-bond donors (Lipinski definition) is 4. The number of aromatic nitrogens is 1. The van der Waals surface area contributed by atoms with Gasteiger partial charge in [0.1, 0.15) is 24.2 Å². The molecule has 0 radical (unpaired) electrons. The third-order valence-electron chi connectivity index (χ3n) is 4.34. The van der Waals surface area contributed by atoms with Gasteiger partial charge in [-0.2, -0.15) is 0 Å². The monoisotopic (exact) mass is 368 g/mol. The molecule has 1 aromatic heterocycles. The second-order valence-corrected chi connectivity index (χ2v) is 6.70. The van der Waals surface area contributed by atoms with E-state index in [1.54, 1.807) is 6.07 Å². The van der Waals surface area contributed by atoms with E-state index in [1.807, 2.05) is 48.5 Å². The van der Waals surface area contributed by atoms with Crippen molar-refractivity contribution in [2.45, 2.75) is 25.5 Å². The van der Waals surface area contributed by atoms with Gasteiger partial charge in [-0.25, -0.2) is 4.79 Å². The van der Waals surface area contributed by atoms with Crippen LogP contribution < -0.4 is 10.1 Å². The minimum absolute atomic E-state index is 0.159. The minimum atomic E-state index is -0.963. The van der Waals surface area contributed by atoms with Crippen molar-refractivity contribution in [2.24, 2.45) is 0 Å². The molecule has 2 atom stereocenters. The van der Waals surface area contributed by atoms with Gasteiger partial charge in [-0.15, -0.1) is 0 Å². The zero-order valence-corrected chi connectivity index (χ0v) is 15.2. The lowest BCUT2D eigenvalue weighted by molar-refractivity contribution is 0.0691. The molecule has 6 heteroatoms. The zero-order chi connectivity index (χ0) is 19.2. The summed E-state index contributed by atoms with van der Waals surface area (Å²) in [6, 6.07) is 17.1. The summed E-state index contributed by atoms with van der Waals surface area (Å²) < 4.78 is 5.55. The topological polar surface area (TPSA) is 94.6 Å². The first-order chi connectivity index (χ1) is 13.0. The molecule has 0 aliphatic carbocycles. The van der Waals surface area contributed by atoms with Gasteiger partial charge in [-0.1, -0.05) is 24.3 Å². The van der Waals surface area contributed by atoms with Crippen molar-refractivity contribution in [3.63, 3.8) is 0 Å². The molecule has 4 N–H and O–H groups in total. The van der Waals surface area contributed by atoms with Crippen LogP contribution in [0.1, 0.15) is 23.0 Å². The number of fused-ring (bicyclic) bond motifs is 1. The molecule has 142 valence electrons. The Kier molecular flexibility index (Phi) is 6.11. The molecule has 1 unspecified atom stereocenters. The van der Waals surface area contributed by atoms with Gasteiger partial charge in [0.2, 0.25) is 0 Å². The van der Waals surface area contributed by atoms with Gasteiger partial charge in [-0.3, -0.25) is 0 Å². The fourth-order valence-electron chi connectivity index (χ4n) is 2.96. The summed E-state index contributed by atoms with van der Waals surface area (Å²) in [6.45, 7) is 2.72. The maximum atomic E-state index is 11.1. The highest BCUT2D eigenvalue weighted by atomic mass is 16.5. The molecule has 0 aliphatic rings. The van der Waals surface area contributed by atoms with E-state index in [4.69, 9.17) is 9.84 Å². The van der Waals surface area contributed by atoms with E-state index in [2.05, 4.69) is 17.2 Å². The van der Waals surface area contributed by atoms with Crippen LogP contribution in [0, 0.1) is 0 Å². The molecular formula is C21H24N2O4. The lowest BCUT2D eigenvalue weighted by Crippen LogP contribution is -2.37. The van der Waals surface area contributed by atoms with E-state index in [0.29, 0.717) is 6.54 Å². The number of carboxylic acid groups (broad SMARTS) is 1. The number of aromatic carboxylic acids is 1. The van der Waals surface area contributed by atoms with E-state index in [0.717, 1.165) is 28.6 Å². The summed E-state index contributed by atoms with van der Waals surface area (Å²) in [5.41, 5.74) is 2.11. The normalized spacial score (nSPS) is 13.4. The first kappa shape index (κ1) is 18.9. The van der Waals surface area contributed by atoms with Crippen molar-refractivity contribution in [3.8, 4) is 5.75 Å². The molecule has 3 rings (SSSR count). The number of hydrogen-bond acceptors (Lipinski definition) is 4. The third-order valence-corrected chi connectivity index (χ3v) is 4.34. The van der Waals surface area contributed by atoms with Crippen molar-refractivity contribution < 1.29 is 19.7 Å². The average molecular weight is 368 g/mol. The SMILES string of the molecule is CC(Cc1ccc2[nH]c(C(=O)O)cc2c1)NC[C@H](O)COc1ccccc1. The van der Waals surface area contributed by atoms with Crippen LogP contribution in [0.3, 0.4) is 0 Å². The molecular weight excluding hydrogens is 344 g/mol. The summed E-state index contributed by atoms with van der Waals surface area (Å²) in [6.07, 6.45) is 0.174. The summed E-state index contributed by atoms with van der Waals surface area (Å²) >= 11 is 0. The number of carboxylic acids is 1. The molecule has 0 aliphatic heterocycles. The van der Waals surface area contributed by atoms with Crippen molar-refractivity contribution in [3.05, 3.63) is 65.9 Å². The molecule has 3 aromatic rings. The molecule has 0 saturated heterocycles. The number of aliphatic hydroxyl groups is 1. The van der Waals surface area contributed by atoms with Crippen LogP contribution >= 0.6 is 0 Å². The largest absolute Gasteiger partial charge is 0.491 e. The van der Waals surface area contributed by atoms with Crippen molar-refractivity contribution >= 4 is 16.9 Å². The van der Waals surface area contributed by atoms with E-state index in [9.17, 15) is 9.90 Å². The van der Waals surface area contributed by atoms with E-state index < -0.39 is 12.1 Å². The van der Waals surface area contributed by atoms with Crippen LogP contribution in [-0.2, 0) is 6.42 Å². The number of rotatable bonds is 9. The molecule has 6 nitrogen and oxygen atoms in total. The predicted octanol–water partition coefficient (Wildman–Crippen LogP) is 2.83. The summed E-state index contributed by atoms with van der Waals surface area (Å²) in [5.74, 6) is -0.223. The standard InChI is InChI=1S/C21H24N2O4/c1-14(22-12-17(24)13-27-18-5-3-2-4-6-18)9-15-7-8-19-16(10-15)11-20(23-19)21(25)26/h2-8,10-11,14,17,22-24H,9,12-13H2,1H3,(H,25,26)/t14?,17-/m0/s1. The Labute approximate surface area is 157 Å². The summed E-state index contributed by atoms with van der Waals surface area (Å²) in [4.78, 5) is 13.9. The second kappa shape index (κ2) is 8.70. The van der Waals surface area contributed by atoms with Gasteiger partial charge in [0.15, 0.2) is 0 Å². The van der Waals surface area contributed by atoms with Gasteiger partial charge >= 0.3 is 5.97 Å². The van der Waals surface area contributed by atoms with Crippen molar-refractivity contribution in [1.82, 2.24) is 10.3 Å². The van der Waals surface area contributed by atoms with Crippen LogP contribution in [0.4, 0.5) is 0 Å². The molecule has 0 spiro atoms. The van der Waals surface area contributed by atoms with Crippen molar-refractivity contribution in [2.75, 3.05) is 13.2 Å². The highest BCUT2D eigenvalue weighted by molar-refractivity contribution is 5.93. The maximum absolute atomic E-state index is 11.1. The Hall–Kier alpha value is -2.83. The molecule has 0 saturated carbocycles. The smallest absolute Gasteiger partial charge is 0.352 e. The van der Waals surface area contributed by atoms with E-state index >= 15 is 0 Å². The second-order valence-electron chi connectivity index (χ2n) is 6.70. The average Bonchev–Trinajstić information content (AvgIpc) is 3.09. The summed E-state index contributed by atoms with van der Waals surface area (Å²) in [7, 11) is 0. The number of nitrogens with one attached hydrogen (secondary N) is 2. The molecule has 0 fully saturated rings. The Morgan fingerprint density at radius 3 is 2.70 bits per heavy atom. The van der Waals surface area contributed by atoms with Gasteiger partial charge in [0.25, 0.3) is 0 Å². The highest BCUT2D eigenvalue weighted by Gasteiger charge is 2.11. The number of aliphatic hydroxyl groups excluding tert-OH is 1. The van der Waals surface area contributed by atoms with Crippen LogP contribution in [0.2, 0.25) is 0 Å². The first-order valence-electron chi connectivity index (χ1n) is 8.95. The van der Waals surface area contributed by atoms with E-state index in [-0.39, 0.29) is 18.3 Å². The van der Waals surface area contributed by atoms with Crippen LogP contribution in [0.5, 0.6) is 5.75 Å². The molecule has 2 aromatic carbocycles. The quantitative estimate of drug-likeness (QED) is 0.466. The molecule has 1 heterocycles. The Balaban J connectivity index is 1.47. The van der Waals surface area contributed by atoms with Crippen LogP contribution in [-0.4, -0.2) is 46.5 Å². The highest BCUT2D eigenvalue weighted by Crippen LogP contribution is 2.18. The molecule has 0 amide bonds. The van der Waals surface area contributed by atoms with Crippen molar-refractivity contribution in [1.29, 1.82) is 0 Å². The number of H-pyrrole nitrogens is 1. The minimum Gasteiger partial charge on any atom is -0.491 e. The number of benzene rings is 2. The van der Waals surface area contributed by atoms with Gasteiger partial charge < -0.3 is 25.3 Å². The van der Waals surface area contributed by atoms with Crippen LogP contribution in [0.15, 0.2) is 54.6 Å². The number of aromatic amines is 1. The lowest BCUT2D eigenvalue weighted by atomic mass is 10.1. The fourth-order valence-corrected chi connectivity index (χ4v) is 2.96. The third kappa shape index (κ3) is 5.32.